The topological polar surface area (TPSA) is 67.2 Å². The van der Waals surface area contributed by atoms with Crippen molar-refractivity contribution in [3.63, 3.8) is 0 Å². The first-order valence-corrected chi connectivity index (χ1v) is 10.6. The smallest absolute Gasteiger partial charge is 0.242 e. The Hall–Kier alpha value is -2.57. The number of para-hydroxylation sites is 2. The molecule has 1 atom stereocenters. The zero-order chi connectivity index (χ0) is 21.3. The summed E-state index contributed by atoms with van der Waals surface area (Å²) in [5.41, 5.74) is 2.32. The van der Waals surface area contributed by atoms with E-state index in [-0.39, 0.29) is 24.4 Å². The third-order valence-electron chi connectivity index (χ3n) is 5.32. The van der Waals surface area contributed by atoms with Crippen molar-refractivity contribution in [1.82, 2.24) is 19.8 Å². The first-order valence-electron chi connectivity index (χ1n) is 9.88. The first kappa shape index (κ1) is 20.7. The summed E-state index contributed by atoms with van der Waals surface area (Å²) in [5.74, 6) is 0.507. The van der Waals surface area contributed by atoms with Gasteiger partial charge in [0.15, 0.2) is 0 Å². The number of nitrogens with zero attached hydrogens (tertiary/aromatic N) is 3. The van der Waals surface area contributed by atoms with Crippen LogP contribution in [0.2, 0.25) is 10.0 Å². The number of rotatable bonds is 4. The minimum Gasteiger partial charge on any atom is -0.352 e. The highest BCUT2D eigenvalue weighted by molar-refractivity contribution is 6.43. The van der Waals surface area contributed by atoms with Crippen LogP contribution in [0.25, 0.3) is 22.4 Å². The molecule has 156 valence electrons. The molecule has 1 unspecified atom stereocenters. The monoisotopic (exact) mass is 444 g/mol. The van der Waals surface area contributed by atoms with Crippen molar-refractivity contribution in [2.75, 3.05) is 13.1 Å². The number of fused-ring (bicyclic) bond motifs is 1. The Kier molecular flexibility index (Phi) is 5.97. The van der Waals surface area contributed by atoms with Crippen molar-refractivity contribution >= 4 is 46.0 Å². The summed E-state index contributed by atoms with van der Waals surface area (Å²) in [7, 11) is 0. The van der Waals surface area contributed by atoms with Gasteiger partial charge in [0, 0.05) is 31.6 Å². The van der Waals surface area contributed by atoms with Crippen LogP contribution in [0, 0.1) is 0 Å². The molecule has 1 N–H and O–H groups in total. The van der Waals surface area contributed by atoms with E-state index in [1.807, 2.05) is 45.9 Å². The molecule has 2 amide bonds. The van der Waals surface area contributed by atoms with Crippen LogP contribution in [0.1, 0.15) is 19.8 Å². The van der Waals surface area contributed by atoms with Gasteiger partial charge in [-0.25, -0.2) is 4.98 Å². The van der Waals surface area contributed by atoms with Gasteiger partial charge in [0.05, 0.1) is 21.1 Å². The molecular weight excluding hydrogens is 423 g/mol. The number of carbonyl (C=O) groups excluding carboxylic acids is 2. The van der Waals surface area contributed by atoms with E-state index in [9.17, 15) is 9.59 Å². The number of benzene rings is 2. The summed E-state index contributed by atoms with van der Waals surface area (Å²) < 4.78 is 1.89. The summed E-state index contributed by atoms with van der Waals surface area (Å²) in [6.45, 7) is 2.82. The molecule has 0 bridgehead atoms. The van der Waals surface area contributed by atoms with Crippen LogP contribution in [0.5, 0.6) is 0 Å². The number of hydrogen-bond acceptors (Lipinski definition) is 3. The number of likely N-dealkylation sites (tertiary alicyclic amines) is 1. The SMILES string of the molecule is CC(=O)NC1CCCN(C(=O)Cn2c(-c3cccc(Cl)c3Cl)nc3ccccc32)C1. The molecule has 0 aliphatic carbocycles. The van der Waals surface area contributed by atoms with Gasteiger partial charge in [0.1, 0.15) is 12.4 Å². The molecule has 2 heterocycles. The molecule has 0 saturated carbocycles. The summed E-state index contributed by atoms with van der Waals surface area (Å²) in [5, 5.41) is 3.77. The number of aromatic nitrogens is 2. The van der Waals surface area contributed by atoms with E-state index in [0.29, 0.717) is 34.5 Å². The van der Waals surface area contributed by atoms with E-state index < -0.39 is 0 Å². The molecule has 4 rings (SSSR count). The summed E-state index contributed by atoms with van der Waals surface area (Å²) >= 11 is 12.7. The van der Waals surface area contributed by atoms with E-state index in [1.165, 1.54) is 6.92 Å². The zero-order valence-electron chi connectivity index (χ0n) is 16.6. The fourth-order valence-electron chi connectivity index (χ4n) is 3.96. The quantitative estimate of drug-likeness (QED) is 0.657. The van der Waals surface area contributed by atoms with E-state index in [0.717, 1.165) is 23.9 Å². The molecule has 30 heavy (non-hydrogen) atoms. The fraction of sp³-hybridized carbons (Fsp3) is 0.318. The normalized spacial score (nSPS) is 16.6. The Bertz CT molecular complexity index is 1110. The summed E-state index contributed by atoms with van der Waals surface area (Å²) in [6, 6.07) is 13.1. The van der Waals surface area contributed by atoms with Crippen molar-refractivity contribution in [3.05, 3.63) is 52.5 Å². The molecule has 1 aromatic heterocycles. The highest BCUT2D eigenvalue weighted by atomic mass is 35.5. The number of imidazole rings is 1. The maximum atomic E-state index is 13.2. The first-order chi connectivity index (χ1) is 14.4. The predicted octanol–water partition coefficient (Wildman–Crippen LogP) is 4.14. The number of carbonyl (C=O) groups is 2. The summed E-state index contributed by atoms with van der Waals surface area (Å²) in [4.78, 5) is 31.1. The molecular formula is C22H22Cl2N4O2. The minimum absolute atomic E-state index is 0.0124. The number of nitrogens with one attached hydrogen (secondary N) is 1. The lowest BCUT2D eigenvalue weighted by molar-refractivity contribution is -0.134. The third kappa shape index (κ3) is 4.16. The molecule has 6 nitrogen and oxygen atoms in total. The van der Waals surface area contributed by atoms with Crippen LogP contribution < -0.4 is 5.32 Å². The highest BCUT2D eigenvalue weighted by Crippen LogP contribution is 2.34. The lowest BCUT2D eigenvalue weighted by Gasteiger charge is -2.33. The van der Waals surface area contributed by atoms with Crippen molar-refractivity contribution in [3.8, 4) is 11.4 Å². The second-order valence-electron chi connectivity index (χ2n) is 7.49. The molecule has 0 radical (unpaired) electrons. The molecule has 3 aromatic rings. The molecule has 2 aromatic carbocycles. The number of hydrogen-bond donors (Lipinski definition) is 1. The highest BCUT2D eigenvalue weighted by Gasteiger charge is 2.26. The lowest BCUT2D eigenvalue weighted by atomic mass is 10.1. The molecule has 8 heteroatoms. The van der Waals surface area contributed by atoms with Crippen LogP contribution in [-0.4, -0.2) is 45.4 Å². The van der Waals surface area contributed by atoms with Crippen molar-refractivity contribution in [2.24, 2.45) is 0 Å². The Morgan fingerprint density at radius 1 is 1.17 bits per heavy atom. The van der Waals surface area contributed by atoms with Gasteiger partial charge in [-0.05, 0) is 37.1 Å². The maximum absolute atomic E-state index is 13.2. The van der Waals surface area contributed by atoms with Gasteiger partial charge in [-0.2, -0.15) is 0 Å². The van der Waals surface area contributed by atoms with Gasteiger partial charge in [0.2, 0.25) is 11.8 Å². The van der Waals surface area contributed by atoms with Gasteiger partial charge < -0.3 is 14.8 Å². The maximum Gasteiger partial charge on any atom is 0.242 e. The van der Waals surface area contributed by atoms with Crippen LogP contribution in [-0.2, 0) is 16.1 Å². The van der Waals surface area contributed by atoms with E-state index >= 15 is 0 Å². The van der Waals surface area contributed by atoms with E-state index in [4.69, 9.17) is 28.2 Å². The molecule has 1 aliphatic rings. The van der Waals surface area contributed by atoms with Gasteiger partial charge >= 0.3 is 0 Å². The Morgan fingerprint density at radius 2 is 1.97 bits per heavy atom. The van der Waals surface area contributed by atoms with E-state index in [2.05, 4.69) is 5.32 Å². The molecule has 0 spiro atoms. The molecule has 1 aliphatic heterocycles. The second-order valence-corrected chi connectivity index (χ2v) is 8.28. The molecule has 1 fully saturated rings. The van der Waals surface area contributed by atoms with Crippen molar-refractivity contribution in [1.29, 1.82) is 0 Å². The van der Waals surface area contributed by atoms with Crippen LogP contribution in [0.4, 0.5) is 0 Å². The van der Waals surface area contributed by atoms with Crippen LogP contribution in [0.15, 0.2) is 42.5 Å². The Labute approximate surface area is 184 Å². The number of piperidine rings is 1. The van der Waals surface area contributed by atoms with Crippen LogP contribution in [0.3, 0.4) is 0 Å². The Morgan fingerprint density at radius 3 is 2.77 bits per heavy atom. The molecule has 1 saturated heterocycles. The largest absolute Gasteiger partial charge is 0.352 e. The van der Waals surface area contributed by atoms with Gasteiger partial charge in [0.25, 0.3) is 0 Å². The minimum atomic E-state index is -0.0761. The van der Waals surface area contributed by atoms with Gasteiger partial charge in [-0.3, -0.25) is 9.59 Å². The average molecular weight is 445 g/mol. The second kappa shape index (κ2) is 8.66. The third-order valence-corrected chi connectivity index (χ3v) is 6.14. The summed E-state index contributed by atoms with van der Waals surface area (Å²) in [6.07, 6.45) is 1.73. The van der Waals surface area contributed by atoms with Gasteiger partial charge in [-0.1, -0.05) is 41.4 Å². The van der Waals surface area contributed by atoms with Crippen molar-refractivity contribution < 1.29 is 9.59 Å². The van der Waals surface area contributed by atoms with Crippen molar-refractivity contribution in [2.45, 2.75) is 32.4 Å². The van der Waals surface area contributed by atoms with Crippen LogP contribution >= 0.6 is 23.2 Å². The zero-order valence-corrected chi connectivity index (χ0v) is 18.1. The lowest BCUT2D eigenvalue weighted by Crippen LogP contribution is -2.49. The predicted molar refractivity (Wildman–Crippen MR) is 119 cm³/mol. The standard InChI is InChI=1S/C22H22Cl2N4O2/c1-14(29)25-15-6-5-11-27(12-15)20(30)13-28-19-10-3-2-9-18(19)26-22(28)16-7-4-8-17(23)21(16)24/h2-4,7-10,15H,5-6,11-13H2,1H3,(H,25,29). The van der Waals surface area contributed by atoms with E-state index in [1.54, 1.807) is 6.07 Å². The number of halogens is 2. The average Bonchev–Trinajstić information content (AvgIpc) is 3.08. The Balaban J connectivity index is 1.67. The fourth-order valence-corrected chi connectivity index (χ4v) is 4.35. The van der Waals surface area contributed by atoms with Gasteiger partial charge in [-0.15, -0.1) is 0 Å². The number of amides is 2.